The van der Waals surface area contributed by atoms with Crippen LogP contribution in [-0.2, 0) is 0 Å². The van der Waals surface area contributed by atoms with Gasteiger partial charge < -0.3 is 10.2 Å². The summed E-state index contributed by atoms with van der Waals surface area (Å²) in [5.74, 6) is -0.0346. The van der Waals surface area contributed by atoms with Crippen LogP contribution in [0.4, 0.5) is 5.82 Å². The van der Waals surface area contributed by atoms with Gasteiger partial charge in [-0.25, -0.2) is 14.9 Å². The molecule has 2 aromatic heterocycles. The van der Waals surface area contributed by atoms with Crippen LogP contribution in [0.1, 0.15) is 0 Å². The zero-order valence-corrected chi connectivity index (χ0v) is 6.52. The highest BCUT2D eigenvalue weighted by molar-refractivity contribution is 5.55. The number of anilines is 1. The minimum atomic E-state index is -0.592. The summed E-state index contributed by atoms with van der Waals surface area (Å²) in [6.45, 7) is 0. The van der Waals surface area contributed by atoms with E-state index >= 15 is 0 Å². The summed E-state index contributed by atoms with van der Waals surface area (Å²) in [5.41, 5.74) is 6.05. The summed E-state index contributed by atoms with van der Waals surface area (Å²) in [6, 6.07) is 3.22. The molecule has 2 rings (SSSR count). The van der Waals surface area contributed by atoms with Crippen LogP contribution >= 0.6 is 0 Å². The Morgan fingerprint density at radius 1 is 1.54 bits per heavy atom. The number of nitrogen functional groups attached to an aromatic ring is 1. The van der Waals surface area contributed by atoms with Crippen LogP contribution in [-0.4, -0.2) is 15.2 Å². The maximum Gasteiger partial charge on any atom is 0.434 e. The fourth-order valence-corrected chi connectivity index (χ4v) is 0.935. The fraction of sp³-hybridized carbons (Fsp3) is 0. The quantitative estimate of drug-likeness (QED) is 0.640. The van der Waals surface area contributed by atoms with E-state index in [0.29, 0.717) is 11.4 Å². The molecule has 0 spiro atoms. The number of pyridine rings is 1. The zero-order chi connectivity index (χ0) is 9.26. The van der Waals surface area contributed by atoms with Crippen molar-refractivity contribution in [3.05, 3.63) is 28.9 Å². The Hall–Kier alpha value is -2.11. The molecule has 3 N–H and O–H groups in total. The number of nitrogens with two attached hydrogens (primary N) is 1. The molecule has 66 valence electrons. The molecule has 13 heavy (non-hydrogen) atoms. The molecule has 0 unspecified atom stereocenters. The highest BCUT2D eigenvalue weighted by Crippen LogP contribution is 2.15. The first-order valence-electron chi connectivity index (χ1n) is 3.53. The Balaban J connectivity index is 2.52. The molecule has 0 bridgehead atoms. The van der Waals surface area contributed by atoms with Gasteiger partial charge in [0, 0.05) is 11.8 Å². The van der Waals surface area contributed by atoms with E-state index in [0.717, 1.165) is 0 Å². The van der Waals surface area contributed by atoms with E-state index in [2.05, 4.69) is 15.2 Å². The Morgan fingerprint density at radius 2 is 2.38 bits per heavy atom. The van der Waals surface area contributed by atoms with Gasteiger partial charge in [0.1, 0.15) is 5.82 Å². The van der Waals surface area contributed by atoms with Crippen LogP contribution in [0.3, 0.4) is 0 Å². The number of hydrogen-bond donors (Lipinski definition) is 2. The smallest absolute Gasteiger partial charge is 0.388 e. The molecule has 0 saturated carbocycles. The minimum absolute atomic E-state index is 0.208. The van der Waals surface area contributed by atoms with E-state index in [-0.39, 0.29) is 5.89 Å². The van der Waals surface area contributed by atoms with E-state index < -0.39 is 5.76 Å². The van der Waals surface area contributed by atoms with E-state index in [9.17, 15) is 4.79 Å². The zero-order valence-electron chi connectivity index (χ0n) is 6.52. The molecular weight excluding hydrogens is 172 g/mol. The standard InChI is InChI=1S/C7H6N4O2/c8-5-3-4(1-2-9-5)6-10-11-7(12)13-6/h1-3H,(H2,8,9)(H,11,12). The molecule has 0 radical (unpaired) electrons. The first kappa shape index (κ1) is 7.53. The van der Waals surface area contributed by atoms with E-state index in [4.69, 9.17) is 10.2 Å². The van der Waals surface area contributed by atoms with Crippen molar-refractivity contribution < 1.29 is 4.42 Å². The van der Waals surface area contributed by atoms with Crippen LogP contribution in [0.15, 0.2) is 27.5 Å². The summed E-state index contributed by atoms with van der Waals surface area (Å²) < 4.78 is 4.72. The summed E-state index contributed by atoms with van der Waals surface area (Å²) >= 11 is 0. The summed E-state index contributed by atoms with van der Waals surface area (Å²) in [6.07, 6.45) is 1.51. The SMILES string of the molecule is Nc1cc(-c2n[nH]c(=O)o2)ccn1. The highest BCUT2D eigenvalue weighted by atomic mass is 16.4. The van der Waals surface area contributed by atoms with Gasteiger partial charge in [-0.1, -0.05) is 0 Å². The van der Waals surface area contributed by atoms with Gasteiger partial charge in [0.25, 0.3) is 0 Å². The minimum Gasteiger partial charge on any atom is -0.388 e. The maximum absolute atomic E-state index is 10.6. The van der Waals surface area contributed by atoms with Gasteiger partial charge in [-0.15, -0.1) is 5.10 Å². The third-order valence-electron chi connectivity index (χ3n) is 1.47. The molecule has 0 aromatic carbocycles. The van der Waals surface area contributed by atoms with Crippen LogP contribution in [0.2, 0.25) is 0 Å². The van der Waals surface area contributed by atoms with Crippen molar-refractivity contribution in [1.29, 1.82) is 0 Å². The molecule has 6 nitrogen and oxygen atoms in total. The number of H-pyrrole nitrogens is 1. The average Bonchev–Trinajstić information content (AvgIpc) is 2.52. The molecule has 0 atom stereocenters. The van der Waals surface area contributed by atoms with Gasteiger partial charge in [0.15, 0.2) is 0 Å². The highest BCUT2D eigenvalue weighted by Gasteiger charge is 2.04. The number of hydrogen-bond acceptors (Lipinski definition) is 5. The third-order valence-corrected chi connectivity index (χ3v) is 1.47. The van der Waals surface area contributed by atoms with Gasteiger partial charge in [-0.3, -0.25) is 0 Å². The van der Waals surface area contributed by atoms with Gasteiger partial charge in [0.2, 0.25) is 5.89 Å². The third kappa shape index (κ3) is 1.41. The van der Waals surface area contributed by atoms with Crippen molar-refractivity contribution in [3.8, 4) is 11.5 Å². The monoisotopic (exact) mass is 178 g/mol. The van der Waals surface area contributed by atoms with Crippen molar-refractivity contribution in [1.82, 2.24) is 15.2 Å². The lowest BCUT2D eigenvalue weighted by atomic mass is 10.2. The molecule has 2 heterocycles. The van der Waals surface area contributed by atoms with E-state index in [1.54, 1.807) is 12.1 Å². The lowest BCUT2D eigenvalue weighted by Crippen LogP contribution is -1.93. The van der Waals surface area contributed by atoms with E-state index in [1.165, 1.54) is 6.20 Å². The molecule has 0 aliphatic rings. The molecular formula is C7H6N4O2. The maximum atomic E-state index is 10.6. The molecule has 0 aliphatic carbocycles. The Morgan fingerprint density at radius 3 is 3.00 bits per heavy atom. The number of aromatic nitrogens is 3. The van der Waals surface area contributed by atoms with Gasteiger partial charge >= 0.3 is 5.76 Å². The first-order valence-corrected chi connectivity index (χ1v) is 3.53. The van der Waals surface area contributed by atoms with Crippen LogP contribution in [0.5, 0.6) is 0 Å². The number of rotatable bonds is 1. The number of aromatic amines is 1. The topological polar surface area (TPSA) is 97.8 Å². The van der Waals surface area contributed by atoms with Crippen LogP contribution in [0, 0.1) is 0 Å². The first-order chi connectivity index (χ1) is 6.25. The van der Waals surface area contributed by atoms with Crippen molar-refractivity contribution >= 4 is 5.82 Å². The fourth-order valence-electron chi connectivity index (χ4n) is 0.935. The summed E-state index contributed by atoms with van der Waals surface area (Å²) in [7, 11) is 0. The van der Waals surface area contributed by atoms with Crippen molar-refractivity contribution in [3.63, 3.8) is 0 Å². The second kappa shape index (κ2) is 2.74. The lowest BCUT2D eigenvalue weighted by Gasteiger charge is -1.93. The van der Waals surface area contributed by atoms with Crippen molar-refractivity contribution in [2.75, 3.05) is 5.73 Å². The normalized spacial score (nSPS) is 10.2. The molecule has 0 fully saturated rings. The molecule has 6 heteroatoms. The summed E-state index contributed by atoms with van der Waals surface area (Å²) in [4.78, 5) is 14.4. The molecule has 0 aliphatic heterocycles. The Labute approximate surface area is 72.4 Å². The van der Waals surface area contributed by atoms with Gasteiger partial charge in [-0.05, 0) is 12.1 Å². The average molecular weight is 178 g/mol. The molecule has 0 saturated heterocycles. The molecule has 0 amide bonds. The van der Waals surface area contributed by atoms with E-state index in [1.807, 2.05) is 0 Å². The largest absolute Gasteiger partial charge is 0.434 e. The van der Waals surface area contributed by atoms with Gasteiger partial charge in [-0.2, -0.15) is 0 Å². The van der Waals surface area contributed by atoms with Crippen molar-refractivity contribution in [2.24, 2.45) is 0 Å². The van der Waals surface area contributed by atoms with Crippen LogP contribution in [0.25, 0.3) is 11.5 Å². The Kier molecular flexibility index (Phi) is 1.59. The molecule has 2 aromatic rings. The predicted octanol–water partition coefficient (Wildman–Crippen LogP) is 0.00710. The predicted molar refractivity (Wildman–Crippen MR) is 44.8 cm³/mol. The number of nitrogens with one attached hydrogen (secondary N) is 1. The summed E-state index contributed by atoms with van der Waals surface area (Å²) in [5, 5.41) is 5.79. The Bertz CT molecular complexity index is 473. The second-order valence-electron chi connectivity index (χ2n) is 2.39. The second-order valence-corrected chi connectivity index (χ2v) is 2.39. The number of nitrogens with zero attached hydrogens (tertiary/aromatic N) is 2. The lowest BCUT2D eigenvalue weighted by molar-refractivity contribution is 0.527. The van der Waals surface area contributed by atoms with Crippen molar-refractivity contribution in [2.45, 2.75) is 0 Å². The van der Waals surface area contributed by atoms with Crippen LogP contribution < -0.4 is 11.5 Å². The van der Waals surface area contributed by atoms with Gasteiger partial charge in [0.05, 0.1) is 0 Å².